The minimum Gasteiger partial charge on any atom is -0.347 e. The minimum absolute atomic E-state index is 0.0359. The van der Waals surface area contributed by atoms with Gasteiger partial charge in [-0.15, -0.1) is 0 Å². The van der Waals surface area contributed by atoms with E-state index in [1.165, 1.54) is 0 Å². The van der Waals surface area contributed by atoms with E-state index < -0.39 is 0 Å². The number of carbonyl (C=O) groups excluding carboxylic acids is 1. The van der Waals surface area contributed by atoms with Gasteiger partial charge in [-0.25, -0.2) is 0 Å². The molecule has 0 aromatic heterocycles. The largest absolute Gasteiger partial charge is 0.347 e. The summed E-state index contributed by atoms with van der Waals surface area (Å²) in [6, 6.07) is 9.22. The van der Waals surface area contributed by atoms with Crippen LogP contribution in [0.2, 0.25) is 0 Å². The van der Waals surface area contributed by atoms with Crippen molar-refractivity contribution in [1.29, 1.82) is 0 Å². The van der Waals surface area contributed by atoms with Crippen molar-refractivity contribution in [3.8, 4) is 0 Å². The van der Waals surface area contributed by atoms with Crippen LogP contribution in [-0.2, 0) is 0 Å². The maximum Gasteiger partial charge on any atom is 0.251 e. The lowest BCUT2D eigenvalue weighted by molar-refractivity contribution is 0.0962. The molecule has 0 saturated carbocycles. The molecule has 0 saturated heterocycles. The van der Waals surface area contributed by atoms with Gasteiger partial charge in [0.15, 0.2) is 0 Å². The van der Waals surface area contributed by atoms with Crippen LogP contribution in [0, 0.1) is 12.5 Å². The van der Waals surface area contributed by atoms with E-state index in [9.17, 15) is 4.79 Å². The molecule has 1 aromatic rings. The lowest BCUT2D eigenvalue weighted by Gasteiger charge is -2.06. The van der Waals surface area contributed by atoms with Crippen LogP contribution in [0.1, 0.15) is 30.6 Å². The fourth-order valence-corrected chi connectivity index (χ4v) is 1.06. The molecule has 1 N–H and O–H groups in total. The summed E-state index contributed by atoms with van der Waals surface area (Å²) in [5, 5.41) is 2.77. The quantitative estimate of drug-likeness (QED) is 0.777. The van der Waals surface area contributed by atoms with Crippen molar-refractivity contribution in [2.45, 2.75) is 20.3 Å². The number of rotatable bonds is 4. The van der Waals surface area contributed by atoms with Gasteiger partial charge in [0.1, 0.15) is 0 Å². The Morgan fingerprint density at radius 3 is 2.57 bits per heavy atom. The second-order valence-corrected chi connectivity index (χ2v) is 3.67. The van der Waals surface area contributed by atoms with Gasteiger partial charge in [0.2, 0.25) is 0 Å². The number of carbonyl (C=O) groups is 1. The highest BCUT2D eigenvalue weighted by molar-refractivity contribution is 5.94. The molecule has 1 aromatic carbocycles. The molecule has 0 aliphatic heterocycles. The molecule has 1 rings (SSSR count). The first kappa shape index (κ1) is 10.8. The second-order valence-electron chi connectivity index (χ2n) is 3.67. The SMILES string of the molecule is CC(C)C[CH]NC(=O)c1ccccc1. The highest BCUT2D eigenvalue weighted by Crippen LogP contribution is 2.02. The predicted molar refractivity (Wildman–Crippen MR) is 57.7 cm³/mol. The molecule has 2 nitrogen and oxygen atoms in total. The van der Waals surface area contributed by atoms with Crippen LogP contribution in [0.4, 0.5) is 0 Å². The summed E-state index contributed by atoms with van der Waals surface area (Å²) in [6.07, 6.45) is 0.901. The molecule has 1 amide bonds. The van der Waals surface area contributed by atoms with E-state index in [4.69, 9.17) is 0 Å². The molecule has 2 heteroatoms. The molecular formula is C12H16NO. The molecule has 0 aliphatic rings. The Morgan fingerprint density at radius 1 is 1.36 bits per heavy atom. The number of amides is 1. The molecule has 0 heterocycles. The normalized spacial score (nSPS) is 10.2. The van der Waals surface area contributed by atoms with Gasteiger partial charge < -0.3 is 5.32 Å². The third kappa shape index (κ3) is 3.60. The fraction of sp³-hybridized carbons (Fsp3) is 0.333. The van der Waals surface area contributed by atoms with E-state index in [2.05, 4.69) is 19.2 Å². The standard InChI is InChI=1S/C12H16NO/c1-10(2)8-9-13-12(14)11-6-4-3-5-7-11/h3-7,9-10H,8H2,1-2H3,(H,13,14). The van der Waals surface area contributed by atoms with Gasteiger partial charge in [-0.2, -0.15) is 0 Å². The first-order chi connectivity index (χ1) is 6.70. The van der Waals surface area contributed by atoms with Gasteiger partial charge in [0.05, 0.1) is 0 Å². The van der Waals surface area contributed by atoms with E-state index in [0.29, 0.717) is 11.5 Å². The van der Waals surface area contributed by atoms with Crippen LogP contribution in [0.5, 0.6) is 0 Å². The Hall–Kier alpha value is -1.31. The lowest BCUT2D eigenvalue weighted by atomic mass is 10.1. The maximum absolute atomic E-state index is 11.5. The number of hydrogen-bond acceptors (Lipinski definition) is 1. The Kier molecular flexibility index (Phi) is 4.17. The van der Waals surface area contributed by atoms with Crippen LogP contribution in [-0.4, -0.2) is 5.91 Å². The van der Waals surface area contributed by atoms with Crippen LogP contribution >= 0.6 is 0 Å². The van der Waals surface area contributed by atoms with Crippen molar-refractivity contribution in [1.82, 2.24) is 5.32 Å². The van der Waals surface area contributed by atoms with Crippen LogP contribution in [0.3, 0.4) is 0 Å². The first-order valence-corrected chi connectivity index (χ1v) is 4.87. The molecule has 0 spiro atoms. The Labute approximate surface area is 85.3 Å². The zero-order valence-corrected chi connectivity index (χ0v) is 8.66. The Bertz CT molecular complexity index is 280. The molecular weight excluding hydrogens is 174 g/mol. The number of hydrogen-bond donors (Lipinski definition) is 1. The fourth-order valence-electron chi connectivity index (χ4n) is 1.06. The van der Waals surface area contributed by atoms with Crippen LogP contribution in [0.25, 0.3) is 0 Å². The molecule has 1 radical (unpaired) electrons. The van der Waals surface area contributed by atoms with E-state index >= 15 is 0 Å². The van der Waals surface area contributed by atoms with Crippen molar-refractivity contribution in [2.75, 3.05) is 0 Å². The molecule has 0 aliphatic carbocycles. The van der Waals surface area contributed by atoms with Crippen molar-refractivity contribution in [3.63, 3.8) is 0 Å². The molecule has 14 heavy (non-hydrogen) atoms. The second kappa shape index (κ2) is 5.43. The Balaban J connectivity index is 2.36. The van der Waals surface area contributed by atoms with Gasteiger partial charge in [-0.3, -0.25) is 4.79 Å². The van der Waals surface area contributed by atoms with Gasteiger partial charge in [0, 0.05) is 12.1 Å². The number of benzene rings is 1. The smallest absolute Gasteiger partial charge is 0.251 e. The third-order valence-corrected chi connectivity index (χ3v) is 1.86. The summed E-state index contributed by atoms with van der Waals surface area (Å²) in [5.41, 5.74) is 0.701. The van der Waals surface area contributed by atoms with Crippen molar-refractivity contribution >= 4 is 5.91 Å². The molecule has 0 bridgehead atoms. The van der Waals surface area contributed by atoms with E-state index in [1.54, 1.807) is 12.1 Å². The summed E-state index contributed by atoms with van der Waals surface area (Å²) in [4.78, 5) is 11.5. The van der Waals surface area contributed by atoms with Crippen molar-refractivity contribution in [3.05, 3.63) is 42.4 Å². The topological polar surface area (TPSA) is 29.1 Å². The summed E-state index contributed by atoms with van der Waals surface area (Å²) >= 11 is 0. The predicted octanol–water partition coefficient (Wildman–Crippen LogP) is 2.62. The average molecular weight is 190 g/mol. The zero-order chi connectivity index (χ0) is 10.4. The summed E-state index contributed by atoms with van der Waals surface area (Å²) < 4.78 is 0. The number of nitrogens with one attached hydrogen (secondary N) is 1. The molecule has 0 fully saturated rings. The average Bonchev–Trinajstić information content (AvgIpc) is 2.18. The van der Waals surface area contributed by atoms with E-state index in [-0.39, 0.29) is 5.91 Å². The first-order valence-electron chi connectivity index (χ1n) is 4.87. The van der Waals surface area contributed by atoms with Gasteiger partial charge in [-0.05, 0) is 24.5 Å². The summed E-state index contributed by atoms with van der Waals surface area (Å²) in [7, 11) is 0. The van der Waals surface area contributed by atoms with Gasteiger partial charge >= 0.3 is 0 Å². The summed E-state index contributed by atoms with van der Waals surface area (Å²) in [6.45, 7) is 6.05. The van der Waals surface area contributed by atoms with Crippen molar-refractivity contribution in [2.24, 2.45) is 5.92 Å². The zero-order valence-electron chi connectivity index (χ0n) is 8.66. The third-order valence-electron chi connectivity index (χ3n) is 1.86. The highest BCUT2D eigenvalue weighted by atomic mass is 16.1. The van der Waals surface area contributed by atoms with E-state index in [1.807, 2.05) is 24.7 Å². The molecule has 0 atom stereocenters. The molecule has 75 valence electrons. The monoisotopic (exact) mass is 190 g/mol. The van der Waals surface area contributed by atoms with Gasteiger partial charge in [0.25, 0.3) is 5.91 Å². The van der Waals surface area contributed by atoms with Gasteiger partial charge in [-0.1, -0.05) is 32.0 Å². The lowest BCUT2D eigenvalue weighted by Crippen LogP contribution is -2.21. The molecule has 0 unspecified atom stereocenters. The minimum atomic E-state index is -0.0359. The Morgan fingerprint density at radius 2 is 2.00 bits per heavy atom. The maximum atomic E-state index is 11.5. The van der Waals surface area contributed by atoms with Crippen molar-refractivity contribution < 1.29 is 4.79 Å². The summed E-state index contributed by atoms with van der Waals surface area (Å²) in [5.74, 6) is 0.539. The van der Waals surface area contributed by atoms with E-state index in [0.717, 1.165) is 6.42 Å². The van der Waals surface area contributed by atoms with Crippen LogP contribution < -0.4 is 5.32 Å². The highest BCUT2D eigenvalue weighted by Gasteiger charge is 2.03. The van der Waals surface area contributed by atoms with Crippen LogP contribution in [0.15, 0.2) is 30.3 Å².